The Bertz CT molecular complexity index is 589. The predicted octanol–water partition coefficient (Wildman–Crippen LogP) is 2.26. The van der Waals surface area contributed by atoms with Gasteiger partial charge in [0.15, 0.2) is 0 Å². The summed E-state index contributed by atoms with van der Waals surface area (Å²) in [5.74, 6) is -0.0661. The summed E-state index contributed by atoms with van der Waals surface area (Å²) in [4.78, 5) is 12.2. The molecule has 1 aromatic heterocycles. The second-order valence-corrected chi connectivity index (χ2v) is 5.52. The van der Waals surface area contributed by atoms with Gasteiger partial charge in [-0.15, -0.1) is 0 Å². The van der Waals surface area contributed by atoms with Crippen molar-refractivity contribution in [1.82, 2.24) is 15.1 Å². The van der Waals surface area contributed by atoms with E-state index >= 15 is 0 Å². The Morgan fingerprint density at radius 2 is 2.00 bits per heavy atom. The van der Waals surface area contributed by atoms with Crippen LogP contribution in [0, 0.1) is 0 Å². The van der Waals surface area contributed by atoms with Crippen molar-refractivity contribution in [3.8, 4) is 0 Å². The Kier molecular flexibility index (Phi) is 4.75. The molecule has 0 bridgehead atoms. The lowest BCUT2D eigenvalue weighted by Gasteiger charge is -2.23. The summed E-state index contributed by atoms with van der Waals surface area (Å²) in [6.45, 7) is 7.13. The minimum absolute atomic E-state index is 0.0661. The summed E-state index contributed by atoms with van der Waals surface area (Å²) in [5.41, 5.74) is 1.28. The van der Waals surface area contributed by atoms with Gasteiger partial charge in [0, 0.05) is 6.20 Å². The first kappa shape index (κ1) is 15.3. The molecule has 1 aromatic carbocycles. The molecule has 1 amide bonds. The molecule has 0 aliphatic heterocycles. The highest BCUT2D eigenvalue weighted by Gasteiger charge is 2.26. The number of carbonyl (C=O) groups is 1. The van der Waals surface area contributed by atoms with Crippen LogP contribution < -0.4 is 10.6 Å². The highest BCUT2D eigenvalue weighted by molar-refractivity contribution is 5.97. The van der Waals surface area contributed by atoms with Crippen molar-refractivity contribution >= 4 is 11.6 Å². The second kappa shape index (κ2) is 6.54. The summed E-state index contributed by atoms with van der Waals surface area (Å²) in [7, 11) is 0. The smallest absolute Gasteiger partial charge is 0.244 e. The number of nitrogens with one attached hydrogen (secondary N) is 2. The number of nitrogens with zero attached hydrogens (tertiary/aromatic N) is 2. The fourth-order valence-electron chi connectivity index (χ4n) is 2.09. The van der Waals surface area contributed by atoms with Crippen LogP contribution in [0.2, 0.25) is 0 Å². The van der Waals surface area contributed by atoms with Gasteiger partial charge in [0.1, 0.15) is 0 Å². The molecule has 5 nitrogen and oxygen atoms in total. The Hall–Kier alpha value is -2.14. The number of benzene rings is 1. The van der Waals surface area contributed by atoms with Gasteiger partial charge in [-0.2, -0.15) is 5.10 Å². The van der Waals surface area contributed by atoms with E-state index in [1.807, 2.05) is 62.0 Å². The van der Waals surface area contributed by atoms with E-state index in [2.05, 4.69) is 15.7 Å². The van der Waals surface area contributed by atoms with E-state index in [4.69, 9.17) is 0 Å². The zero-order chi connectivity index (χ0) is 15.3. The maximum atomic E-state index is 12.2. The average Bonchev–Trinajstić information content (AvgIpc) is 2.87. The Morgan fingerprint density at radius 3 is 2.67 bits per heavy atom. The van der Waals surface area contributed by atoms with Crippen molar-refractivity contribution < 1.29 is 4.79 Å². The standard InChI is InChI=1S/C16H22N4O/c1-4-17-16(2,3)15(21)19-14-10-18-20(12-14)11-13-8-6-5-7-9-13/h5-10,12,17H,4,11H2,1-3H3,(H,19,21). The summed E-state index contributed by atoms with van der Waals surface area (Å²) in [6, 6.07) is 10.1. The SMILES string of the molecule is CCNC(C)(C)C(=O)Nc1cnn(Cc2ccccc2)c1. The van der Waals surface area contributed by atoms with Crippen molar-refractivity contribution in [3.05, 3.63) is 48.3 Å². The molecule has 0 radical (unpaired) electrons. The molecule has 0 fully saturated rings. The molecule has 0 saturated heterocycles. The first-order valence-electron chi connectivity index (χ1n) is 7.14. The quantitative estimate of drug-likeness (QED) is 0.856. The van der Waals surface area contributed by atoms with Gasteiger partial charge in [-0.3, -0.25) is 9.48 Å². The van der Waals surface area contributed by atoms with E-state index in [1.165, 1.54) is 5.56 Å². The molecule has 0 spiro atoms. The largest absolute Gasteiger partial charge is 0.322 e. The summed E-state index contributed by atoms with van der Waals surface area (Å²) < 4.78 is 1.81. The Labute approximate surface area is 125 Å². The molecule has 21 heavy (non-hydrogen) atoms. The molecule has 5 heteroatoms. The molecule has 2 aromatic rings. The molecule has 2 N–H and O–H groups in total. The number of hydrogen-bond acceptors (Lipinski definition) is 3. The Morgan fingerprint density at radius 1 is 1.29 bits per heavy atom. The lowest BCUT2D eigenvalue weighted by atomic mass is 10.0. The van der Waals surface area contributed by atoms with E-state index in [0.717, 1.165) is 6.54 Å². The molecule has 0 aliphatic rings. The topological polar surface area (TPSA) is 59.0 Å². The molecular formula is C16H22N4O. The van der Waals surface area contributed by atoms with Crippen LogP contribution in [0.3, 0.4) is 0 Å². The maximum absolute atomic E-state index is 12.2. The van der Waals surface area contributed by atoms with E-state index in [0.29, 0.717) is 12.2 Å². The Balaban J connectivity index is 1.99. The monoisotopic (exact) mass is 286 g/mol. The zero-order valence-electron chi connectivity index (χ0n) is 12.8. The number of hydrogen-bond donors (Lipinski definition) is 2. The van der Waals surface area contributed by atoms with Gasteiger partial charge in [-0.05, 0) is 26.0 Å². The van der Waals surface area contributed by atoms with Gasteiger partial charge in [-0.25, -0.2) is 0 Å². The fraction of sp³-hybridized carbons (Fsp3) is 0.375. The van der Waals surface area contributed by atoms with Crippen molar-refractivity contribution in [2.75, 3.05) is 11.9 Å². The molecule has 0 aliphatic carbocycles. The van der Waals surface area contributed by atoms with Gasteiger partial charge in [-0.1, -0.05) is 37.3 Å². The number of anilines is 1. The van der Waals surface area contributed by atoms with Crippen molar-refractivity contribution in [1.29, 1.82) is 0 Å². The van der Waals surface area contributed by atoms with Gasteiger partial charge >= 0.3 is 0 Å². The predicted molar refractivity (Wildman–Crippen MR) is 84.2 cm³/mol. The van der Waals surface area contributed by atoms with Gasteiger partial charge < -0.3 is 10.6 Å². The first-order valence-corrected chi connectivity index (χ1v) is 7.14. The lowest BCUT2D eigenvalue weighted by Crippen LogP contribution is -2.49. The van der Waals surface area contributed by atoms with Crippen LogP contribution >= 0.6 is 0 Å². The molecule has 2 rings (SSSR count). The van der Waals surface area contributed by atoms with Crippen LogP contribution in [0.25, 0.3) is 0 Å². The van der Waals surface area contributed by atoms with Crippen LogP contribution in [0.1, 0.15) is 26.3 Å². The molecule has 1 heterocycles. The molecule has 0 saturated carbocycles. The maximum Gasteiger partial charge on any atom is 0.244 e. The second-order valence-electron chi connectivity index (χ2n) is 5.52. The van der Waals surface area contributed by atoms with Crippen LogP contribution in [0.15, 0.2) is 42.7 Å². The van der Waals surface area contributed by atoms with Crippen LogP contribution in [0.5, 0.6) is 0 Å². The van der Waals surface area contributed by atoms with Crippen LogP contribution in [-0.2, 0) is 11.3 Å². The van der Waals surface area contributed by atoms with Crippen LogP contribution in [0.4, 0.5) is 5.69 Å². The average molecular weight is 286 g/mol. The third kappa shape index (κ3) is 4.16. The number of likely N-dealkylation sites (N-methyl/N-ethyl adjacent to an activating group) is 1. The number of aromatic nitrogens is 2. The van der Waals surface area contributed by atoms with E-state index < -0.39 is 5.54 Å². The first-order chi connectivity index (χ1) is 10.0. The minimum atomic E-state index is -0.601. The summed E-state index contributed by atoms with van der Waals surface area (Å²) in [5, 5.41) is 10.3. The third-order valence-corrected chi connectivity index (χ3v) is 3.26. The molecule has 112 valence electrons. The van der Waals surface area contributed by atoms with Crippen molar-refractivity contribution in [2.45, 2.75) is 32.9 Å². The number of amides is 1. The van der Waals surface area contributed by atoms with Gasteiger partial charge in [0.05, 0.1) is 24.0 Å². The van der Waals surface area contributed by atoms with Gasteiger partial charge in [0.2, 0.25) is 5.91 Å². The minimum Gasteiger partial charge on any atom is -0.322 e. The van der Waals surface area contributed by atoms with E-state index in [1.54, 1.807) is 6.20 Å². The van der Waals surface area contributed by atoms with E-state index in [-0.39, 0.29) is 5.91 Å². The normalized spacial score (nSPS) is 11.4. The van der Waals surface area contributed by atoms with Crippen LogP contribution in [-0.4, -0.2) is 27.8 Å². The molecular weight excluding hydrogens is 264 g/mol. The van der Waals surface area contributed by atoms with Crippen molar-refractivity contribution in [3.63, 3.8) is 0 Å². The van der Waals surface area contributed by atoms with E-state index in [9.17, 15) is 4.79 Å². The third-order valence-electron chi connectivity index (χ3n) is 3.26. The summed E-state index contributed by atoms with van der Waals surface area (Å²) in [6.07, 6.45) is 3.51. The van der Waals surface area contributed by atoms with Crippen molar-refractivity contribution in [2.24, 2.45) is 0 Å². The van der Waals surface area contributed by atoms with Gasteiger partial charge in [0.25, 0.3) is 0 Å². The number of carbonyl (C=O) groups excluding carboxylic acids is 1. The molecule has 0 atom stereocenters. The zero-order valence-corrected chi connectivity index (χ0v) is 12.8. The lowest BCUT2D eigenvalue weighted by molar-refractivity contribution is -0.121. The highest BCUT2D eigenvalue weighted by atomic mass is 16.2. The fourth-order valence-corrected chi connectivity index (χ4v) is 2.09. The summed E-state index contributed by atoms with van der Waals surface area (Å²) >= 11 is 0. The molecule has 0 unspecified atom stereocenters. The number of rotatable bonds is 6. The highest BCUT2D eigenvalue weighted by Crippen LogP contribution is 2.11.